The Kier molecular flexibility index (Phi) is 29.0. The molecule has 3 atom stereocenters. The Morgan fingerprint density at radius 3 is 1.84 bits per heavy atom. The number of imidazole rings is 1. The van der Waals surface area contributed by atoms with Gasteiger partial charge in [-0.15, -0.1) is 5.10 Å². The molecule has 4 aliphatic heterocycles. The van der Waals surface area contributed by atoms with E-state index in [0.29, 0.717) is 181 Å². The minimum atomic E-state index is -3.49. The van der Waals surface area contributed by atoms with Crippen molar-refractivity contribution in [1.82, 2.24) is 44.0 Å². The van der Waals surface area contributed by atoms with Gasteiger partial charge in [0.15, 0.2) is 11.6 Å². The van der Waals surface area contributed by atoms with Crippen molar-refractivity contribution in [1.29, 1.82) is 0 Å². The maximum absolute atomic E-state index is 13.9. The van der Waals surface area contributed by atoms with Crippen molar-refractivity contribution in [2.45, 2.75) is 121 Å². The zero-order chi connectivity index (χ0) is 63.5. The number of methoxy groups -OCH3 is 1. The van der Waals surface area contributed by atoms with Crippen LogP contribution in [0.2, 0.25) is 0 Å². The van der Waals surface area contributed by atoms with E-state index in [4.69, 9.17) is 47.6 Å². The molecule has 28 heteroatoms. The highest BCUT2D eigenvalue weighted by Crippen LogP contribution is 2.43. The molecule has 4 aromatic rings. The summed E-state index contributed by atoms with van der Waals surface area (Å²) >= 11 is 0. The Morgan fingerprint density at radius 1 is 0.700 bits per heavy atom. The minimum Gasteiger partial charge on any atom is -0.453 e. The first-order chi connectivity index (χ1) is 43.8. The number of amides is 2. The molecule has 24 nitrogen and oxygen atoms in total. The molecule has 3 fully saturated rings. The standard InChI is InChI=1S/C62H90F3N9O15S/c1-46-66-57-45-70(62(77)80-2)18-16-58(57)74(46)53-42-51-11-12-52(43-53)73(51)21-15-56(47-8-4-3-5-9-47)67-61(76)48-13-19-72(20-14-48)90(78,79)39-7-6-10-50-44-71(69-68-50)22-24-82-26-28-84-30-32-86-34-36-88-38-37-87-35-33-85-31-29-83-27-25-81-23-17-59(75)89-60-54(64)40-49(63)41-55(60)65/h3-5,8-9,40-41,44,48,51-53,56H,6-7,10-39,42-43,45H2,1-2H3,(H,67,76)/t51?,52?,53?,56-/m0/s1. The van der Waals surface area contributed by atoms with Crippen LogP contribution in [0.3, 0.4) is 0 Å². The molecule has 90 heavy (non-hydrogen) atoms. The number of esters is 1. The van der Waals surface area contributed by atoms with Crippen LogP contribution in [0.4, 0.5) is 18.0 Å². The maximum atomic E-state index is 13.9. The zero-order valence-corrected chi connectivity index (χ0v) is 52.8. The number of ether oxygens (including phenoxy) is 10. The van der Waals surface area contributed by atoms with E-state index in [-0.39, 0.29) is 56.0 Å². The molecule has 2 unspecified atom stereocenters. The molecule has 3 saturated heterocycles. The molecule has 2 aromatic heterocycles. The summed E-state index contributed by atoms with van der Waals surface area (Å²) in [5, 5.41) is 11.9. The molecule has 0 radical (unpaired) electrons. The molecule has 0 spiro atoms. The van der Waals surface area contributed by atoms with Gasteiger partial charge in [0.25, 0.3) is 0 Å². The van der Waals surface area contributed by atoms with Crippen LogP contribution in [0.5, 0.6) is 5.75 Å². The van der Waals surface area contributed by atoms with Gasteiger partial charge < -0.3 is 62.2 Å². The summed E-state index contributed by atoms with van der Waals surface area (Å²) in [6, 6.07) is 12.1. The lowest BCUT2D eigenvalue weighted by Gasteiger charge is -2.41. The van der Waals surface area contributed by atoms with Crippen LogP contribution in [0, 0.1) is 30.3 Å². The number of carbonyl (C=O) groups excluding carboxylic acids is 3. The van der Waals surface area contributed by atoms with Gasteiger partial charge in [-0.3, -0.25) is 14.5 Å². The summed E-state index contributed by atoms with van der Waals surface area (Å²) in [6.45, 7) is 10.8. The summed E-state index contributed by atoms with van der Waals surface area (Å²) in [5.41, 5.74) is 4.09. The first-order valence-electron chi connectivity index (χ1n) is 31.6. The third-order valence-corrected chi connectivity index (χ3v) is 18.6. The van der Waals surface area contributed by atoms with Crippen molar-refractivity contribution in [2.24, 2.45) is 5.92 Å². The lowest BCUT2D eigenvalue weighted by Crippen LogP contribution is -2.46. The van der Waals surface area contributed by atoms with Crippen molar-refractivity contribution in [3.63, 3.8) is 0 Å². The average Bonchev–Trinajstić information content (AvgIpc) is 1.61. The predicted molar refractivity (Wildman–Crippen MR) is 321 cm³/mol. The molecule has 0 aliphatic carbocycles. The second kappa shape index (κ2) is 37.1. The number of fused-ring (bicyclic) bond motifs is 3. The van der Waals surface area contributed by atoms with E-state index in [1.807, 2.05) is 24.4 Å². The number of sulfonamides is 1. The predicted octanol–water partition coefficient (Wildman–Crippen LogP) is 5.93. The molecule has 2 bridgehead atoms. The summed E-state index contributed by atoms with van der Waals surface area (Å²) in [6.07, 6.45) is 9.96. The molecular weight excluding hydrogens is 1200 g/mol. The number of nitrogens with one attached hydrogen (secondary N) is 1. The largest absolute Gasteiger partial charge is 0.453 e. The molecular formula is C62H90F3N9O15S. The van der Waals surface area contributed by atoms with E-state index in [1.54, 1.807) is 13.9 Å². The van der Waals surface area contributed by atoms with Crippen LogP contribution in [-0.2, 0) is 88.2 Å². The number of aromatic nitrogens is 5. The maximum Gasteiger partial charge on any atom is 0.409 e. The van der Waals surface area contributed by atoms with Gasteiger partial charge >= 0.3 is 12.1 Å². The quantitative estimate of drug-likeness (QED) is 0.0307. The molecule has 1 N–H and O–H groups in total. The van der Waals surface area contributed by atoms with Crippen LogP contribution in [0.1, 0.15) is 105 Å². The molecule has 0 saturated carbocycles. The van der Waals surface area contributed by atoms with Crippen molar-refractivity contribution >= 4 is 28.0 Å². The minimum absolute atomic E-state index is 0.0118. The van der Waals surface area contributed by atoms with Gasteiger partial charge in [0.2, 0.25) is 21.7 Å². The average molecular weight is 1290 g/mol. The Bertz CT molecular complexity index is 2900. The van der Waals surface area contributed by atoms with Crippen molar-refractivity contribution in [3.8, 4) is 5.75 Å². The fraction of sp³-hybridized carbons (Fsp3) is 0.677. The van der Waals surface area contributed by atoms with Gasteiger partial charge in [-0.05, 0) is 76.7 Å². The fourth-order valence-corrected chi connectivity index (χ4v) is 13.7. The Morgan fingerprint density at radius 2 is 1.27 bits per heavy atom. The first kappa shape index (κ1) is 70.2. The number of nitrogens with zero attached hydrogens (tertiary/aromatic N) is 8. The Balaban J connectivity index is 0.582. The van der Waals surface area contributed by atoms with E-state index < -0.39 is 39.2 Å². The molecule has 2 amide bonds. The van der Waals surface area contributed by atoms with Crippen molar-refractivity contribution in [3.05, 3.63) is 94.6 Å². The van der Waals surface area contributed by atoms with Gasteiger partial charge in [0.1, 0.15) is 11.6 Å². The number of hydrogen-bond donors (Lipinski definition) is 1. The van der Waals surface area contributed by atoms with Gasteiger partial charge in [-0.1, -0.05) is 35.5 Å². The van der Waals surface area contributed by atoms with Gasteiger partial charge in [-0.2, -0.15) is 0 Å². The smallest absolute Gasteiger partial charge is 0.409 e. The number of halogens is 3. The molecule has 2 aromatic carbocycles. The van der Waals surface area contributed by atoms with Crippen molar-refractivity contribution in [2.75, 3.05) is 145 Å². The highest BCUT2D eigenvalue weighted by molar-refractivity contribution is 7.89. The monoisotopic (exact) mass is 1290 g/mol. The van der Waals surface area contributed by atoms with Crippen LogP contribution >= 0.6 is 0 Å². The Hall–Kier alpha value is -5.66. The summed E-state index contributed by atoms with van der Waals surface area (Å²) in [7, 11) is -2.07. The number of unbranched alkanes of at least 4 members (excludes halogenated alkanes) is 1. The van der Waals surface area contributed by atoms with Gasteiger partial charge in [0, 0.05) is 80.7 Å². The summed E-state index contributed by atoms with van der Waals surface area (Å²) in [5.74, 6) is -4.83. The van der Waals surface area contributed by atoms with E-state index >= 15 is 0 Å². The van der Waals surface area contributed by atoms with E-state index in [9.17, 15) is 36.0 Å². The van der Waals surface area contributed by atoms with Crippen LogP contribution in [0.25, 0.3) is 0 Å². The lowest BCUT2D eigenvalue weighted by atomic mass is 9.94. The molecule has 8 rings (SSSR count). The van der Waals surface area contributed by atoms with Crippen molar-refractivity contribution < 1.29 is 83.3 Å². The number of benzene rings is 2. The van der Waals surface area contributed by atoms with Crippen LogP contribution in [0.15, 0.2) is 48.7 Å². The van der Waals surface area contributed by atoms with E-state index in [1.165, 1.54) is 12.8 Å². The Labute approximate surface area is 525 Å². The summed E-state index contributed by atoms with van der Waals surface area (Å²) < 4.78 is 126. The van der Waals surface area contributed by atoms with Crippen LogP contribution in [-0.4, -0.2) is 222 Å². The normalized spacial score (nSPS) is 18.5. The zero-order valence-electron chi connectivity index (χ0n) is 52.0. The number of carbonyl (C=O) groups is 3. The summed E-state index contributed by atoms with van der Waals surface area (Å²) in [4.78, 5) is 47.3. The highest BCUT2D eigenvalue weighted by atomic mass is 32.2. The number of rotatable bonds is 41. The second-order valence-corrected chi connectivity index (χ2v) is 24.9. The van der Waals surface area contributed by atoms with Gasteiger partial charge in [0.05, 0.1) is 156 Å². The first-order valence-corrected chi connectivity index (χ1v) is 33.2. The van der Waals surface area contributed by atoms with E-state index in [0.717, 1.165) is 67.8 Å². The molecule has 4 aliphatic rings. The second-order valence-electron chi connectivity index (χ2n) is 22.8. The highest BCUT2D eigenvalue weighted by Gasteiger charge is 2.43. The van der Waals surface area contributed by atoms with E-state index in [2.05, 4.69) is 48.9 Å². The van der Waals surface area contributed by atoms with Gasteiger partial charge in [-0.25, -0.2) is 40.4 Å². The third kappa shape index (κ3) is 22.0. The number of aryl methyl sites for hydroxylation is 2. The lowest BCUT2D eigenvalue weighted by molar-refractivity contribution is -0.136. The molecule has 500 valence electrons. The fourth-order valence-electron chi connectivity index (χ4n) is 12.1. The third-order valence-electron chi connectivity index (χ3n) is 16.7. The number of piperidine rings is 2. The number of hydrogen-bond acceptors (Lipinski definition) is 19. The SMILES string of the molecule is COC(=O)N1CCc2c(nc(C)n2C2CC3CCC(C2)N3CC[C@H](NC(=O)C2CCN(S(=O)(=O)CCCCc3cn(CCOCCOCCOCCOCCOCCOCCOCCOCCC(=O)Oc4c(F)cc(F)cc4F)nn3)CC2)c2ccccc2)C1. The molecule has 6 heterocycles. The van der Waals surface area contributed by atoms with Crippen LogP contribution < -0.4 is 10.1 Å². The topological polar surface area (TPSA) is 248 Å².